The Morgan fingerprint density at radius 1 is 1.24 bits per heavy atom. The van der Waals surface area contributed by atoms with Gasteiger partial charge in [0.15, 0.2) is 0 Å². The lowest BCUT2D eigenvalue weighted by atomic mass is 10.1. The quantitative estimate of drug-likeness (QED) is 0.734. The highest BCUT2D eigenvalue weighted by Gasteiger charge is 2.18. The second-order valence-corrected chi connectivity index (χ2v) is 6.13. The van der Waals surface area contributed by atoms with Crippen LogP contribution in [-0.2, 0) is 12.8 Å². The number of benzene rings is 1. The predicted octanol–water partition coefficient (Wildman–Crippen LogP) is 3.53. The third-order valence-electron chi connectivity index (χ3n) is 4.06. The van der Waals surface area contributed by atoms with Gasteiger partial charge in [0.25, 0.3) is 5.91 Å². The summed E-state index contributed by atoms with van der Waals surface area (Å²) in [6.07, 6.45) is 3.15. The molecular formula is C19H20ClN3O2. The van der Waals surface area contributed by atoms with Gasteiger partial charge in [0.2, 0.25) is 0 Å². The van der Waals surface area contributed by atoms with E-state index in [-0.39, 0.29) is 5.91 Å². The Hall–Kier alpha value is -2.53. The first-order valence-electron chi connectivity index (χ1n) is 8.20. The van der Waals surface area contributed by atoms with Crippen LogP contribution in [-0.4, -0.2) is 28.9 Å². The van der Waals surface area contributed by atoms with Crippen LogP contribution in [0.2, 0.25) is 5.02 Å². The molecule has 1 aromatic carbocycles. The number of carbonyl (C=O) groups is 1. The molecule has 0 aliphatic rings. The number of ether oxygens (including phenoxy) is 1. The molecule has 2 heterocycles. The van der Waals surface area contributed by atoms with Crippen LogP contribution < -0.4 is 10.1 Å². The van der Waals surface area contributed by atoms with E-state index in [0.29, 0.717) is 23.7 Å². The molecule has 0 unspecified atom stereocenters. The van der Waals surface area contributed by atoms with Crippen LogP contribution >= 0.6 is 11.6 Å². The van der Waals surface area contributed by atoms with Crippen molar-refractivity contribution in [3.8, 4) is 5.75 Å². The number of aromatic nitrogens is 2. The molecule has 0 radical (unpaired) electrons. The number of aryl methyl sites for hydroxylation is 1. The summed E-state index contributed by atoms with van der Waals surface area (Å²) >= 11 is 6.07. The van der Waals surface area contributed by atoms with E-state index in [1.165, 1.54) is 0 Å². The van der Waals surface area contributed by atoms with Gasteiger partial charge >= 0.3 is 0 Å². The number of rotatable bonds is 6. The molecule has 0 saturated carbocycles. The third kappa shape index (κ3) is 3.77. The zero-order valence-electron chi connectivity index (χ0n) is 14.3. The summed E-state index contributed by atoms with van der Waals surface area (Å²) in [5, 5.41) is 3.54. The molecule has 0 aliphatic carbocycles. The number of nitrogens with zero attached hydrogens (tertiary/aromatic N) is 2. The smallest absolute Gasteiger partial charge is 0.270 e. The van der Waals surface area contributed by atoms with Crippen LogP contribution in [0.4, 0.5) is 0 Å². The summed E-state index contributed by atoms with van der Waals surface area (Å²) in [6.45, 7) is 2.53. The van der Waals surface area contributed by atoms with Gasteiger partial charge in [-0.2, -0.15) is 0 Å². The highest BCUT2D eigenvalue weighted by atomic mass is 35.5. The number of imidazole rings is 1. The lowest BCUT2D eigenvalue weighted by molar-refractivity contribution is 0.0947. The Morgan fingerprint density at radius 3 is 2.68 bits per heavy atom. The predicted molar refractivity (Wildman–Crippen MR) is 98.6 cm³/mol. The van der Waals surface area contributed by atoms with Crippen molar-refractivity contribution in [1.82, 2.24) is 14.7 Å². The number of halogens is 1. The van der Waals surface area contributed by atoms with Crippen LogP contribution in [0.1, 0.15) is 28.7 Å². The normalized spacial score (nSPS) is 10.8. The first-order valence-corrected chi connectivity index (χ1v) is 8.57. The number of hydrogen-bond donors (Lipinski definition) is 1. The van der Waals surface area contributed by atoms with Crippen molar-refractivity contribution in [3.05, 3.63) is 64.6 Å². The van der Waals surface area contributed by atoms with Crippen molar-refractivity contribution in [1.29, 1.82) is 0 Å². The molecule has 5 nitrogen and oxygen atoms in total. The second-order valence-electron chi connectivity index (χ2n) is 5.69. The van der Waals surface area contributed by atoms with E-state index in [1.807, 2.05) is 37.3 Å². The number of methoxy groups -OCH3 is 1. The van der Waals surface area contributed by atoms with Gasteiger partial charge in [-0.05, 0) is 42.7 Å². The Labute approximate surface area is 151 Å². The summed E-state index contributed by atoms with van der Waals surface area (Å²) < 4.78 is 6.90. The Morgan fingerprint density at radius 2 is 2.00 bits per heavy atom. The standard InChI is InChI=1S/C19H20ClN3O2/c1-3-16-18(23-12-14(20)6-9-17(23)22-16)19(24)21-11-10-13-4-7-15(25-2)8-5-13/h4-9,12H,3,10-11H2,1-2H3,(H,21,24). The lowest BCUT2D eigenvalue weighted by Crippen LogP contribution is -2.27. The molecule has 0 atom stereocenters. The molecule has 0 spiro atoms. The summed E-state index contributed by atoms with van der Waals surface area (Å²) in [4.78, 5) is 17.2. The molecule has 25 heavy (non-hydrogen) atoms. The van der Waals surface area contributed by atoms with Crippen LogP contribution in [0, 0.1) is 0 Å². The molecule has 3 aromatic rings. The largest absolute Gasteiger partial charge is 0.497 e. The van der Waals surface area contributed by atoms with E-state index in [1.54, 1.807) is 23.8 Å². The zero-order valence-corrected chi connectivity index (χ0v) is 15.0. The van der Waals surface area contributed by atoms with Gasteiger partial charge in [0, 0.05) is 12.7 Å². The highest BCUT2D eigenvalue weighted by Crippen LogP contribution is 2.17. The van der Waals surface area contributed by atoms with Gasteiger partial charge in [-0.3, -0.25) is 9.20 Å². The number of nitrogens with one attached hydrogen (secondary N) is 1. The number of hydrogen-bond acceptors (Lipinski definition) is 3. The van der Waals surface area contributed by atoms with E-state index in [2.05, 4.69) is 10.3 Å². The number of pyridine rings is 1. The second kappa shape index (κ2) is 7.57. The molecule has 0 fully saturated rings. The summed E-state index contributed by atoms with van der Waals surface area (Å²) in [6, 6.07) is 11.4. The lowest BCUT2D eigenvalue weighted by Gasteiger charge is -2.07. The molecule has 0 saturated heterocycles. The third-order valence-corrected chi connectivity index (χ3v) is 4.29. The van der Waals surface area contributed by atoms with Gasteiger partial charge in [-0.1, -0.05) is 30.7 Å². The minimum Gasteiger partial charge on any atom is -0.497 e. The molecule has 0 bridgehead atoms. The first kappa shape index (κ1) is 17.3. The van der Waals surface area contributed by atoms with Crippen molar-refractivity contribution >= 4 is 23.2 Å². The van der Waals surface area contributed by atoms with E-state index in [0.717, 1.165) is 29.1 Å². The van der Waals surface area contributed by atoms with E-state index >= 15 is 0 Å². The molecule has 6 heteroatoms. The van der Waals surface area contributed by atoms with E-state index < -0.39 is 0 Å². The van der Waals surface area contributed by atoms with E-state index in [9.17, 15) is 4.79 Å². The zero-order chi connectivity index (χ0) is 17.8. The fourth-order valence-electron chi connectivity index (χ4n) is 2.75. The van der Waals surface area contributed by atoms with Crippen molar-refractivity contribution in [2.45, 2.75) is 19.8 Å². The molecule has 3 rings (SSSR count). The van der Waals surface area contributed by atoms with E-state index in [4.69, 9.17) is 16.3 Å². The summed E-state index contributed by atoms with van der Waals surface area (Å²) in [7, 11) is 1.64. The Bertz CT molecular complexity index is 888. The monoisotopic (exact) mass is 357 g/mol. The number of fused-ring (bicyclic) bond motifs is 1. The van der Waals surface area contributed by atoms with Crippen LogP contribution in [0.5, 0.6) is 5.75 Å². The minimum absolute atomic E-state index is 0.139. The topological polar surface area (TPSA) is 55.6 Å². The van der Waals surface area contributed by atoms with Gasteiger partial charge < -0.3 is 10.1 Å². The van der Waals surface area contributed by atoms with Crippen molar-refractivity contribution in [2.24, 2.45) is 0 Å². The molecule has 1 amide bonds. The SMILES string of the molecule is CCc1nc2ccc(Cl)cn2c1C(=O)NCCc1ccc(OC)cc1. The average molecular weight is 358 g/mol. The number of amides is 1. The van der Waals surface area contributed by atoms with Crippen molar-refractivity contribution in [3.63, 3.8) is 0 Å². The summed E-state index contributed by atoms with van der Waals surface area (Å²) in [5.74, 6) is 0.683. The Kier molecular flexibility index (Phi) is 5.24. The van der Waals surface area contributed by atoms with Gasteiger partial charge in [0.1, 0.15) is 17.1 Å². The van der Waals surface area contributed by atoms with Crippen molar-refractivity contribution in [2.75, 3.05) is 13.7 Å². The Balaban J connectivity index is 1.72. The molecule has 2 aromatic heterocycles. The number of carbonyl (C=O) groups excluding carboxylic acids is 1. The van der Waals surface area contributed by atoms with Gasteiger partial charge in [-0.15, -0.1) is 0 Å². The molecule has 0 aliphatic heterocycles. The fourth-order valence-corrected chi connectivity index (χ4v) is 2.91. The van der Waals surface area contributed by atoms with Crippen LogP contribution in [0.15, 0.2) is 42.6 Å². The van der Waals surface area contributed by atoms with Crippen LogP contribution in [0.25, 0.3) is 5.65 Å². The molecule has 1 N–H and O–H groups in total. The molecule has 130 valence electrons. The summed E-state index contributed by atoms with van der Waals surface area (Å²) in [5.41, 5.74) is 3.18. The fraction of sp³-hybridized carbons (Fsp3) is 0.263. The minimum atomic E-state index is -0.139. The maximum Gasteiger partial charge on any atom is 0.270 e. The first-order chi connectivity index (χ1) is 12.1. The maximum atomic E-state index is 12.7. The van der Waals surface area contributed by atoms with Crippen LogP contribution in [0.3, 0.4) is 0 Å². The van der Waals surface area contributed by atoms with Crippen molar-refractivity contribution < 1.29 is 9.53 Å². The maximum absolute atomic E-state index is 12.7. The highest BCUT2D eigenvalue weighted by molar-refractivity contribution is 6.30. The molecular weight excluding hydrogens is 338 g/mol. The van der Waals surface area contributed by atoms with Gasteiger partial charge in [0.05, 0.1) is 17.8 Å². The average Bonchev–Trinajstić information content (AvgIpc) is 3.00. The van der Waals surface area contributed by atoms with Gasteiger partial charge in [-0.25, -0.2) is 4.98 Å².